The van der Waals surface area contributed by atoms with Gasteiger partial charge in [0, 0.05) is 0 Å². The summed E-state index contributed by atoms with van der Waals surface area (Å²) in [5.74, 6) is -1.81. The summed E-state index contributed by atoms with van der Waals surface area (Å²) in [7, 11) is 0. The zero-order valence-corrected chi connectivity index (χ0v) is 11.1. The number of hydrogen-bond donors (Lipinski definition) is 1. The van der Waals surface area contributed by atoms with Crippen molar-refractivity contribution in [3.8, 4) is 5.69 Å². The average Bonchev–Trinajstić information content (AvgIpc) is 2.75. The third-order valence-corrected chi connectivity index (χ3v) is 3.01. The van der Waals surface area contributed by atoms with Gasteiger partial charge in [0.2, 0.25) is 0 Å². The molecule has 0 spiro atoms. The largest absolute Gasteiger partial charge is 0.309 e. The molecule has 2 rings (SSSR count). The summed E-state index contributed by atoms with van der Waals surface area (Å²) < 4.78 is 28.3. The predicted octanol–water partition coefficient (Wildman–Crippen LogP) is 2.52. The Hall–Kier alpha value is -1.82. The summed E-state index contributed by atoms with van der Waals surface area (Å²) in [6.45, 7) is 6.52. The van der Waals surface area contributed by atoms with Gasteiger partial charge in [0.15, 0.2) is 11.6 Å². The summed E-state index contributed by atoms with van der Waals surface area (Å²) in [5.41, 5.74) is 1.49. The maximum atomic E-state index is 13.7. The van der Waals surface area contributed by atoms with Crippen LogP contribution in [0.3, 0.4) is 0 Å². The summed E-state index contributed by atoms with van der Waals surface area (Å²) >= 11 is 0. The minimum atomic E-state index is -0.918. The quantitative estimate of drug-likeness (QED) is 0.924. The standard InChI is InChI=1S/C13H16F2N4/c1-4-16-8(2)13-9(3)19(18-17-13)11-7-5-6-10(14)12(11)15/h5-8,16H,4H2,1-3H3. The highest BCUT2D eigenvalue weighted by molar-refractivity contribution is 5.35. The van der Waals surface area contributed by atoms with Gasteiger partial charge in [-0.05, 0) is 32.5 Å². The van der Waals surface area contributed by atoms with Crippen LogP contribution in [0.2, 0.25) is 0 Å². The van der Waals surface area contributed by atoms with Crippen molar-refractivity contribution in [2.75, 3.05) is 6.54 Å². The summed E-state index contributed by atoms with van der Waals surface area (Å²) in [4.78, 5) is 0. The number of halogens is 2. The SMILES string of the molecule is CCNC(C)c1nnn(-c2cccc(F)c2F)c1C. The molecule has 0 aliphatic carbocycles. The minimum Gasteiger partial charge on any atom is -0.309 e. The summed E-state index contributed by atoms with van der Waals surface area (Å²) in [6.07, 6.45) is 0. The number of nitrogens with one attached hydrogen (secondary N) is 1. The minimum absolute atomic E-state index is 0.00960. The van der Waals surface area contributed by atoms with Gasteiger partial charge < -0.3 is 5.32 Å². The van der Waals surface area contributed by atoms with Crippen molar-refractivity contribution >= 4 is 0 Å². The van der Waals surface area contributed by atoms with Gasteiger partial charge in [-0.2, -0.15) is 0 Å². The molecule has 2 aromatic rings. The van der Waals surface area contributed by atoms with Gasteiger partial charge >= 0.3 is 0 Å². The van der Waals surface area contributed by atoms with Crippen LogP contribution < -0.4 is 5.32 Å². The van der Waals surface area contributed by atoms with Gasteiger partial charge in [0.1, 0.15) is 11.4 Å². The van der Waals surface area contributed by atoms with E-state index >= 15 is 0 Å². The third-order valence-electron chi connectivity index (χ3n) is 3.01. The molecule has 1 unspecified atom stereocenters. The van der Waals surface area contributed by atoms with E-state index in [1.807, 2.05) is 13.8 Å². The second kappa shape index (κ2) is 5.44. The first-order valence-electron chi connectivity index (χ1n) is 6.16. The van der Waals surface area contributed by atoms with E-state index in [1.54, 1.807) is 6.92 Å². The van der Waals surface area contributed by atoms with E-state index in [2.05, 4.69) is 15.6 Å². The smallest absolute Gasteiger partial charge is 0.184 e. The first-order chi connectivity index (χ1) is 9.06. The Morgan fingerprint density at radius 3 is 2.79 bits per heavy atom. The lowest BCUT2D eigenvalue weighted by Gasteiger charge is -2.10. The van der Waals surface area contributed by atoms with E-state index in [1.165, 1.54) is 16.8 Å². The highest BCUT2D eigenvalue weighted by Crippen LogP contribution is 2.20. The van der Waals surface area contributed by atoms with E-state index in [-0.39, 0.29) is 11.7 Å². The van der Waals surface area contributed by atoms with E-state index in [4.69, 9.17) is 0 Å². The van der Waals surface area contributed by atoms with E-state index in [0.29, 0.717) is 5.69 Å². The van der Waals surface area contributed by atoms with Crippen molar-refractivity contribution in [2.24, 2.45) is 0 Å². The van der Waals surface area contributed by atoms with Crippen LogP contribution in [0.15, 0.2) is 18.2 Å². The first kappa shape index (κ1) is 13.6. The lowest BCUT2D eigenvalue weighted by molar-refractivity contribution is 0.499. The van der Waals surface area contributed by atoms with Gasteiger partial charge in [-0.25, -0.2) is 13.5 Å². The fraction of sp³-hybridized carbons (Fsp3) is 0.385. The molecule has 0 amide bonds. The first-order valence-corrected chi connectivity index (χ1v) is 6.16. The van der Waals surface area contributed by atoms with E-state index in [0.717, 1.165) is 18.3 Å². The Morgan fingerprint density at radius 2 is 2.11 bits per heavy atom. The van der Waals surface area contributed by atoms with Crippen LogP contribution in [0, 0.1) is 18.6 Å². The molecule has 0 fully saturated rings. The van der Waals surface area contributed by atoms with Gasteiger partial charge in [0.25, 0.3) is 0 Å². The molecule has 1 aromatic heterocycles. The van der Waals surface area contributed by atoms with E-state index in [9.17, 15) is 8.78 Å². The molecule has 1 N–H and O–H groups in total. The van der Waals surface area contributed by atoms with Crippen LogP contribution in [0.25, 0.3) is 5.69 Å². The zero-order valence-electron chi connectivity index (χ0n) is 11.1. The summed E-state index contributed by atoms with van der Waals surface area (Å²) in [6, 6.07) is 4.01. The van der Waals surface area contributed by atoms with Crippen LogP contribution in [0.1, 0.15) is 31.3 Å². The second-order valence-electron chi connectivity index (χ2n) is 4.32. The Bertz CT molecular complexity index is 580. The maximum Gasteiger partial charge on any atom is 0.184 e. The summed E-state index contributed by atoms with van der Waals surface area (Å²) in [5, 5.41) is 11.2. The van der Waals surface area contributed by atoms with Crippen molar-refractivity contribution in [2.45, 2.75) is 26.8 Å². The fourth-order valence-electron chi connectivity index (χ4n) is 2.03. The highest BCUT2D eigenvalue weighted by atomic mass is 19.2. The van der Waals surface area contributed by atoms with Crippen LogP contribution in [0.4, 0.5) is 8.78 Å². The Morgan fingerprint density at radius 1 is 1.37 bits per heavy atom. The zero-order chi connectivity index (χ0) is 14.0. The van der Waals surface area contributed by atoms with Crippen LogP contribution in [-0.2, 0) is 0 Å². The highest BCUT2D eigenvalue weighted by Gasteiger charge is 2.18. The molecule has 0 aliphatic heterocycles. The molecule has 0 saturated heterocycles. The molecule has 1 aromatic carbocycles. The molecule has 0 saturated carbocycles. The number of hydrogen-bond acceptors (Lipinski definition) is 3. The van der Waals surface area contributed by atoms with Crippen LogP contribution in [0.5, 0.6) is 0 Å². The lowest BCUT2D eigenvalue weighted by Crippen LogP contribution is -2.19. The molecule has 1 atom stereocenters. The normalized spacial score (nSPS) is 12.7. The Labute approximate surface area is 110 Å². The molecule has 0 bridgehead atoms. The number of benzene rings is 1. The monoisotopic (exact) mass is 266 g/mol. The molecule has 1 heterocycles. The molecule has 19 heavy (non-hydrogen) atoms. The average molecular weight is 266 g/mol. The number of rotatable bonds is 4. The molecule has 0 aliphatic rings. The fourth-order valence-corrected chi connectivity index (χ4v) is 2.03. The molecular weight excluding hydrogens is 250 g/mol. The molecular formula is C13H16F2N4. The number of nitrogens with zero attached hydrogens (tertiary/aromatic N) is 3. The molecule has 4 nitrogen and oxygen atoms in total. The Balaban J connectivity index is 2.44. The van der Waals surface area contributed by atoms with Crippen molar-refractivity contribution in [3.63, 3.8) is 0 Å². The predicted molar refractivity (Wildman–Crippen MR) is 68.1 cm³/mol. The van der Waals surface area contributed by atoms with Crippen molar-refractivity contribution in [1.29, 1.82) is 0 Å². The lowest BCUT2D eigenvalue weighted by atomic mass is 10.2. The van der Waals surface area contributed by atoms with Crippen LogP contribution >= 0.6 is 0 Å². The molecule has 6 heteroatoms. The van der Waals surface area contributed by atoms with Crippen molar-refractivity contribution < 1.29 is 8.78 Å². The number of aromatic nitrogens is 3. The maximum absolute atomic E-state index is 13.7. The third kappa shape index (κ3) is 2.49. The molecule has 0 radical (unpaired) electrons. The van der Waals surface area contributed by atoms with Crippen molar-refractivity contribution in [1.82, 2.24) is 20.3 Å². The Kier molecular flexibility index (Phi) is 3.90. The topological polar surface area (TPSA) is 42.7 Å². The van der Waals surface area contributed by atoms with Gasteiger partial charge in [-0.1, -0.05) is 18.2 Å². The van der Waals surface area contributed by atoms with E-state index < -0.39 is 11.6 Å². The van der Waals surface area contributed by atoms with Crippen molar-refractivity contribution in [3.05, 3.63) is 41.2 Å². The van der Waals surface area contributed by atoms with Gasteiger partial charge in [-0.3, -0.25) is 0 Å². The van der Waals surface area contributed by atoms with Gasteiger partial charge in [-0.15, -0.1) is 5.10 Å². The molecule has 102 valence electrons. The van der Waals surface area contributed by atoms with Gasteiger partial charge in [0.05, 0.1) is 11.7 Å². The second-order valence-corrected chi connectivity index (χ2v) is 4.32. The van der Waals surface area contributed by atoms with Crippen LogP contribution in [-0.4, -0.2) is 21.5 Å².